The first-order valence-corrected chi connectivity index (χ1v) is 15.7. The number of ether oxygens (including phenoxy) is 1. The molecule has 2 aliphatic carbocycles. The van der Waals surface area contributed by atoms with Gasteiger partial charge in [-0.1, -0.05) is 78.0 Å². The number of rotatable bonds is 10. The molecule has 1 fully saturated rings. The minimum Gasteiger partial charge on any atom is -0.457 e. The molecule has 1 aromatic carbocycles. The van der Waals surface area contributed by atoms with Gasteiger partial charge in [-0.3, -0.25) is 18.6 Å². The Morgan fingerprint density at radius 1 is 1.12 bits per heavy atom. The number of carbonyl (C=O) groups is 2. The van der Waals surface area contributed by atoms with Crippen LogP contribution in [0.3, 0.4) is 0 Å². The van der Waals surface area contributed by atoms with Crippen LogP contribution in [0.1, 0.15) is 53.0 Å². The maximum atomic E-state index is 12.5. The topological polar surface area (TPSA) is 88.1 Å². The second-order valence-corrected chi connectivity index (χ2v) is 13.6. The number of Topliss-reactive ketones (excluding diaryl/α,β-unsaturated/α-hetero) is 1. The van der Waals surface area contributed by atoms with E-state index in [0.29, 0.717) is 12.0 Å². The van der Waals surface area contributed by atoms with E-state index in [0.717, 1.165) is 16.7 Å². The van der Waals surface area contributed by atoms with Crippen molar-refractivity contribution in [1.82, 2.24) is 0 Å². The molecule has 3 unspecified atom stereocenters. The highest BCUT2D eigenvalue weighted by Gasteiger charge is 2.61. The molecule has 12 heteroatoms. The van der Waals surface area contributed by atoms with Crippen molar-refractivity contribution >= 4 is 71.7 Å². The quantitative estimate of drug-likeness (QED) is 0.0807. The summed E-state index contributed by atoms with van der Waals surface area (Å²) in [4.78, 5) is 24.5. The van der Waals surface area contributed by atoms with Crippen LogP contribution in [-0.4, -0.2) is 32.1 Å². The van der Waals surface area contributed by atoms with Crippen LogP contribution in [0.4, 0.5) is 0 Å². The molecular formula is C29H35Cl4O7P. The summed E-state index contributed by atoms with van der Waals surface area (Å²) in [6, 6.07) is 2.84. The van der Waals surface area contributed by atoms with Gasteiger partial charge < -0.3 is 9.26 Å². The SMILES string of the molecule is C=CCC1=C(C)C(OC(=O)C2C(C=C(C)C)C2(C)C)CC1=O.COP(=O)(OC)O/C(=C\Cl)c1cc(Cl)c(Cl)cc1Cl. The van der Waals surface area contributed by atoms with Crippen LogP contribution in [0.2, 0.25) is 15.1 Å². The lowest BCUT2D eigenvalue weighted by atomic mass is 10.1. The summed E-state index contributed by atoms with van der Waals surface area (Å²) in [5.74, 6) is 0.0145. The second kappa shape index (κ2) is 14.7. The van der Waals surface area contributed by atoms with Gasteiger partial charge in [-0.25, -0.2) is 4.57 Å². The molecule has 0 saturated heterocycles. The molecule has 2 aliphatic rings. The predicted octanol–water partition coefficient (Wildman–Crippen LogP) is 9.60. The molecule has 0 aromatic heterocycles. The van der Waals surface area contributed by atoms with E-state index < -0.39 is 13.9 Å². The van der Waals surface area contributed by atoms with Gasteiger partial charge >= 0.3 is 13.8 Å². The molecule has 3 rings (SSSR count). The molecule has 1 saturated carbocycles. The van der Waals surface area contributed by atoms with Crippen molar-refractivity contribution in [3.63, 3.8) is 0 Å². The van der Waals surface area contributed by atoms with Gasteiger partial charge in [0.25, 0.3) is 0 Å². The Morgan fingerprint density at radius 3 is 2.22 bits per heavy atom. The summed E-state index contributed by atoms with van der Waals surface area (Å²) in [6.45, 7) is 13.8. The van der Waals surface area contributed by atoms with E-state index >= 15 is 0 Å². The number of esters is 1. The molecule has 3 atom stereocenters. The van der Waals surface area contributed by atoms with Crippen molar-refractivity contribution in [3.8, 4) is 0 Å². The summed E-state index contributed by atoms with van der Waals surface area (Å²) < 4.78 is 31.9. The maximum absolute atomic E-state index is 12.5. The predicted molar refractivity (Wildman–Crippen MR) is 165 cm³/mol. The second-order valence-electron chi connectivity index (χ2n) is 10.4. The maximum Gasteiger partial charge on any atom is 0.529 e. The number of phosphoric acid groups is 1. The monoisotopic (exact) mass is 666 g/mol. The van der Waals surface area contributed by atoms with Gasteiger partial charge in [0.05, 0.1) is 27.4 Å². The number of hydrogen-bond donors (Lipinski definition) is 0. The normalized spacial score (nSPS) is 21.6. The van der Waals surface area contributed by atoms with Gasteiger partial charge in [0.2, 0.25) is 0 Å². The van der Waals surface area contributed by atoms with E-state index in [9.17, 15) is 14.2 Å². The van der Waals surface area contributed by atoms with Crippen molar-refractivity contribution in [3.05, 3.63) is 73.7 Å². The van der Waals surface area contributed by atoms with Crippen molar-refractivity contribution in [2.45, 2.75) is 53.6 Å². The first-order valence-electron chi connectivity index (χ1n) is 12.6. The molecule has 0 spiro atoms. The summed E-state index contributed by atoms with van der Waals surface area (Å²) >= 11 is 23.3. The Kier molecular flexibility index (Phi) is 12.8. The Balaban J connectivity index is 0.000000290. The van der Waals surface area contributed by atoms with Crippen molar-refractivity contribution in [1.29, 1.82) is 0 Å². The first-order chi connectivity index (χ1) is 19.1. The number of phosphoric ester groups is 1. The Hall–Kier alpha value is -1.57. The molecule has 226 valence electrons. The highest BCUT2D eigenvalue weighted by Crippen LogP contribution is 2.60. The molecule has 0 bridgehead atoms. The Bertz CT molecular complexity index is 1320. The van der Waals surface area contributed by atoms with Gasteiger partial charge in [-0.2, -0.15) is 0 Å². The van der Waals surface area contributed by atoms with Crippen LogP contribution >= 0.6 is 54.2 Å². The van der Waals surface area contributed by atoms with Gasteiger partial charge in [-0.05, 0) is 56.2 Å². The van der Waals surface area contributed by atoms with Crippen LogP contribution < -0.4 is 0 Å². The van der Waals surface area contributed by atoms with Gasteiger partial charge in [0.15, 0.2) is 11.5 Å². The standard InChI is InChI=1S/C19H26O3.C10H9Cl4O4P/c1-7-8-13-12(4)16(10-15(13)20)22-18(21)17-14(9-11(2)3)19(17,5)6;1-16-19(15,17-2)18-10(5-11)6-3-8(13)9(14)4-7(6)12/h7,9,14,16-17H,1,8,10H2,2-6H3;3-5H,1-2H3/b;10-5-. The highest BCUT2D eigenvalue weighted by molar-refractivity contribution is 7.48. The van der Waals surface area contributed by atoms with E-state index in [1.54, 1.807) is 6.08 Å². The Labute approximate surface area is 262 Å². The third kappa shape index (κ3) is 8.73. The molecule has 1 aromatic rings. The summed E-state index contributed by atoms with van der Waals surface area (Å²) in [6.07, 6.45) is 4.31. The van der Waals surface area contributed by atoms with Gasteiger partial charge in [0, 0.05) is 30.9 Å². The minimum atomic E-state index is -3.75. The van der Waals surface area contributed by atoms with E-state index in [1.807, 2.05) is 20.8 Å². The summed E-state index contributed by atoms with van der Waals surface area (Å²) in [7, 11) is -1.41. The Morgan fingerprint density at radius 2 is 1.71 bits per heavy atom. The average molecular weight is 668 g/mol. The largest absolute Gasteiger partial charge is 0.529 e. The van der Waals surface area contributed by atoms with E-state index in [4.69, 9.17) is 55.7 Å². The third-order valence-corrected chi connectivity index (χ3v) is 9.53. The summed E-state index contributed by atoms with van der Waals surface area (Å²) in [5, 5.41) is 0.733. The van der Waals surface area contributed by atoms with Crippen LogP contribution in [0, 0.1) is 17.3 Å². The number of benzene rings is 1. The minimum absolute atomic E-state index is 0.0164. The smallest absolute Gasteiger partial charge is 0.457 e. The lowest BCUT2D eigenvalue weighted by molar-refractivity contribution is -0.150. The molecule has 0 amide bonds. The number of ketones is 1. The molecule has 0 N–H and O–H groups in total. The van der Waals surface area contributed by atoms with E-state index in [1.165, 1.54) is 31.9 Å². The molecule has 41 heavy (non-hydrogen) atoms. The van der Waals surface area contributed by atoms with Crippen molar-refractivity contribution in [2.75, 3.05) is 14.2 Å². The molecule has 0 aliphatic heterocycles. The lowest BCUT2D eigenvalue weighted by Crippen LogP contribution is -2.20. The fourth-order valence-electron chi connectivity index (χ4n) is 4.53. The number of halogens is 4. The van der Waals surface area contributed by atoms with Crippen molar-refractivity contribution in [2.24, 2.45) is 17.3 Å². The molecular weight excluding hydrogens is 633 g/mol. The van der Waals surface area contributed by atoms with Crippen LogP contribution in [0.5, 0.6) is 0 Å². The first kappa shape index (κ1) is 35.6. The van der Waals surface area contributed by atoms with E-state index in [2.05, 4.69) is 35.5 Å². The van der Waals surface area contributed by atoms with Crippen LogP contribution in [0.25, 0.3) is 5.76 Å². The third-order valence-electron chi connectivity index (χ3n) is 6.98. The zero-order valence-electron chi connectivity index (χ0n) is 24.1. The fourth-order valence-corrected chi connectivity index (χ4v) is 6.08. The lowest BCUT2D eigenvalue weighted by Gasteiger charge is -2.17. The average Bonchev–Trinajstić information content (AvgIpc) is 3.34. The zero-order valence-corrected chi connectivity index (χ0v) is 28.0. The van der Waals surface area contributed by atoms with Gasteiger partial charge in [0.1, 0.15) is 6.10 Å². The number of hydrogen-bond acceptors (Lipinski definition) is 7. The van der Waals surface area contributed by atoms with Crippen LogP contribution in [-0.2, 0) is 32.5 Å². The summed E-state index contributed by atoms with van der Waals surface area (Å²) in [5.41, 5.74) is 4.14. The van der Waals surface area contributed by atoms with Crippen LogP contribution in [0.15, 0.2) is 53.1 Å². The number of carbonyl (C=O) groups excluding carboxylic acids is 2. The highest BCUT2D eigenvalue weighted by atomic mass is 35.5. The fraction of sp³-hybridized carbons (Fsp3) is 0.448. The molecule has 0 radical (unpaired) electrons. The molecule has 7 nitrogen and oxygen atoms in total. The van der Waals surface area contributed by atoms with Gasteiger partial charge in [-0.15, -0.1) is 6.58 Å². The zero-order chi connectivity index (χ0) is 31.3. The molecule has 0 heterocycles. The van der Waals surface area contributed by atoms with E-state index in [-0.39, 0.29) is 56.3 Å². The number of allylic oxidation sites excluding steroid dienone is 4. The van der Waals surface area contributed by atoms with Crippen molar-refractivity contribution < 1.29 is 32.5 Å².